The summed E-state index contributed by atoms with van der Waals surface area (Å²) in [6.07, 6.45) is 1.56. The Kier molecular flexibility index (Phi) is 4.05. The maximum atomic E-state index is 12.5. The zero-order valence-corrected chi connectivity index (χ0v) is 12.2. The molecule has 2 heterocycles. The van der Waals surface area contributed by atoms with Gasteiger partial charge in [0.2, 0.25) is 10.0 Å². The molecule has 0 radical (unpaired) electrons. The summed E-state index contributed by atoms with van der Waals surface area (Å²) < 4.78 is 28.2. The fraction of sp³-hybridized carbons (Fsp3) is 0.636. The predicted molar refractivity (Wildman–Crippen MR) is 72.0 cm³/mol. The van der Waals surface area contributed by atoms with Gasteiger partial charge >= 0.3 is 0 Å². The first-order valence-electron chi connectivity index (χ1n) is 5.82. The van der Waals surface area contributed by atoms with E-state index in [9.17, 15) is 8.42 Å². The zero-order valence-electron chi connectivity index (χ0n) is 10.5. The summed E-state index contributed by atoms with van der Waals surface area (Å²) in [6, 6.07) is 1.57. The van der Waals surface area contributed by atoms with E-state index in [2.05, 4.69) is 0 Å². The SMILES string of the molecule is CC1CSCCN1S(=O)(=O)c1cc(CO)n(C)c1. The Labute approximate surface area is 112 Å². The minimum atomic E-state index is -3.43. The van der Waals surface area contributed by atoms with Gasteiger partial charge in [-0.05, 0) is 13.0 Å². The molecular weight excluding hydrogens is 272 g/mol. The van der Waals surface area contributed by atoms with E-state index in [1.165, 1.54) is 0 Å². The summed E-state index contributed by atoms with van der Waals surface area (Å²) in [4.78, 5) is 0.271. The third-order valence-electron chi connectivity index (χ3n) is 3.16. The smallest absolute Gasteiger partial charge is 0.244 e. The minimum Gasteiger partial charge on any atom is -0.390 e. The van der Waals surface area contributed by atoms with Crippen molar-refractivity contribution >= 4 is 21.8 Å². The molecule has 0 spiro atoms. The molecule has 18 heavy (non-hydrogen) atoms. The largest absolute Gasteiger partial charge is 0.390 e. The fourth-order valence-electron chi connectivity index (χ4n) is 2.08. The van der Waals surface area contributed by atoms with Crippen molar-refractivity contribution in [2.24, 2.45) is 7.05 Å². The highest BCUT2D eigenvalue weighted by Gasteiger charge is 2.32. The first kappa shape index (κ1) is 13.9. The Morgan fingerprint density at radius 2 is 2.28 bits per heavy atom. The lowest BCUT2D eigenvalue weighted by atomic mass is 10.4. The molecule has 2 rings (SSSR count). The number of hydrogen-bond donors (Lipinski definition) is 1. The number of aliphatic hydroxyl groups is 1. The molecule has 102 valence electrons. The number of hydrogen-bond acceptors (Lipinski definition) is 4. The van der Waals surface area contributed by atoms with Gasteiger partial charge in [0, 0.05) is 43.0 Å². The molecule has 1 aliphatic rings. The molecule has 7 heteroatoms. The van der Waals surface area contributed by atoms with E-state index in [0.717, 1.165) is 11.5 Å². The summed E-state index contributed by atoms with van der Waals surface area (Å²) in [5, 5.41) is 9.13. The number of sulfonamides is 1. The monoisotopic (exact) mass is 290 g/mol. The molecule has 0 aliphatic carbocycles. The van der Waals surface area contributed by atoms with Crippen LogP contribution in [-0.2, 0) is 23.7 Å². The van der Waals surface area contributed by atoms with E-state index in [4.69, 9.17) is 5.11 Å². The lowest BCUT2D eigenvalue weighted by molar-refractivity contribution is 0.272. The number of thioether (sulfide) groups is 1. The topological polar surface area (TPSA) is 62.5 Å². The third-order valence-corrected chi connectivity index (χ3v) is 6.33. The Morgan fingerprint density at radius 3 is 2.83 bits per heavy atom. The summed E-state index contributed by atoms with van der Waals surface area (Å²) in [7, 11) is -1.70. The Morgan fingerprint density at radius 1 is 1.56 bits per heavy atom. The van der Waals surface area contributed by atoms with Crippen molar-refractivity contribution in [2.75, 3.05) is 18.1 Å². The van der Waals surface area contributed by atoms with Crippen molar-refractivity contribution < 1.29 is 13.5 Å². The van der Waals surface area contributed by atoms with Gasteiger partial charge in [0.25, 0.3) is 0 Å². The highest BCUT2D eigenvalue weighted by atomic mass is 32.2. The van der Waals surface area contributed by atoms with Gasteiger partial charge in [-0.1, -0.05) is 0 Å². The van der Waals surface area contributed by atoms with E-state index < -0.39 is 10.0 Å². The second-order valence-electron chi connectivity index (χ2n) is 4.48. The summed E-state index contributed by atoms with van der Waals surface area (Å²) in [5.74, 6) is 1.67. The van der Waals surface area contributed by atoms with Gasteiger partial charge in [-0.25, -0.2) is 8.42 Å². The second kappa shape index (κ2) is 5.24. The molecule has 0 bridgehead atoms. The number of aromatic nitrogens is 1. The van der Waals surface area contributed by atoms with Crippen molar-refractivity contribution in [1.82, 2.24) is 8.87 Å². The van der Waals surface area contributed by atoms with Crippen LogP contribution in [0.1, 0.15) is 12.6 Å². The van der Waals surface area contributed by atoms with E-state index in [1.807, 2.05) is 6.92 Å². The van der Waals surface area contributed by atoms with Gasteiger partial charge in [-0.3, -0.25) is 0 Å². The van der Waals surface area contributed by atoms with Crippen LogP contribution in [0, 0.1) is 0 Å². The van der Waals surface area contributed by atoms with Gasteiger partial charge in [0.15, 0.2) is 0 Å². The van der Waals surface area contributed by atoms with E-state index >= 15 is 0 Å². The number of nitrogens with zero attached hydrogens (tertiary/aromatic N) is 2. The number of aryl methyl sites for hydroxylation is 1. The fourth-order valence-corrected chi connectivity index (χ4v) is 5.03. The highest BCUT2D eigenvalue weighted by Crippen LogP contribution is 2.25. The molecule has 0 saturated carbocycles. The van der Waals surface area contributed by atoms with E-state index in [0.29, 0.717) is 12.2 Å². The molecule has 5 nitrogen and oxygen atoms in total. The molecule has 0 amide bonds. The molecule has 1 fully saturated rings. The molecular formula is C11H18N2O3S2. The number of aliphatic hydroxyl groups excluding tert-OH is 1. The van der Waals surface area contributed by atoms with E-state index in [-0.39, 0.29) is 17.5 Å². The molecule has 1 aromatic heterocycles. The molecule has 1 aromatic rings. The molecule has 1 saturated heterocycles. The minimum absolute atomic E-state index is 0.0199. The molecule has 1 aliphatic heterocycles. The van der Waals surface area contributed by atoms with Gasteiger partial charge in [-0.15, -0.1) is 0 Å². The Bertz CT molecular complexity index is 524. The van der Waals surface area contributed by atoms with Crippen LogP contribution in [0.3, 0.4) is 0 Å². The van der Waals surface area contributed by atoms with Crippen LogP contribution >= 0.6 is 11.8 Å². The second-order valence-corrected chi connectivity index (χ2v) is 7.52. The third kappa shape index (κ3) is 2.45. The first-order chi connectivity index (χ1) is 8.46. The van der Waals surface area contributed by atoms with Crippen molar-refractivity contribution in [1.29, 1.82) is 0 Å². The number of rotatable bonds is 3. The van der Waals surface area contributed by atoms with Crippen LogP contribution in [0.2, 0.25) is 0 Å². The van der Waals surface area contributed by atoms with Crippen LogP contribution in [0.15, 0.2) is 17.2 Å². The van der Waals surface area contributed by atoms with Gasteiger partial charge < -0.3 is 9.67 Å². The highest BCUT2D eigenvalue weighted by molar-refractivity contribution is 7.99. The first-order valence-corrected chi connectivity index (χ1v) is 8.42. The van der Waals surface area contributed by atoms with Crippen LogP contribution in [-0.4, -0.2) is 46.5 Å². The van der Waals surface area contributed by atoms with Crippen LogP contribution in [0.5, 0.6) is 0 Å². The van der Waals surface area contributed by atoms with Crippen LogP contribution in [0.4, 0.5) is 0 Å². The van der Waals surface area contributed by atoms with Gasteiger partial charge in [0.1, 0.15) is 4.90 Å². The van der Waals surface area contributed by atoms with Crippen LogP contribution < -0.4 is 0 Å². The van der Waals surface area contributed by atoms with Gasteiger partial charge in [0.05, 0.1) is 6.61 Å². The lowest BCUT2D eigenvalue weighted by Gasteiger charge is -2.31. The lowest BCUT2D eigenvalue weighted by Crippen LogP contribution is -2.44. The van der Waals surface area contributed by atoms with Crippen molar-refractivity contribution in [3.8, 4) is 0 Å². The average Bonchev–Trinajstić information content (AvgIpc) is 2.71. The molecule has 0 aromatic carbocycles. The maximum Gasteiger partial charge on any atom is 0.244 e. The molecule has 1 N–H and O–H groups in total. The Balaban J connectivity index is 2.34. The van der Waals surface area contributed by atoms with Crippen molar-refractivity contribution in [3.05, 3.63) is 18.0 Å². The quantitative estimate of drug-likeness (QED) is 0.887. The average molecular weight is 290 g/mol. The maximum absolute atomic E-state index is 12.5. The van der Waals surface area contributed by atoms with E-state index in [1.54, 1.807) is 39.9 Å². The summed E-state index contributed by atoms with van der Waals surface area (Å²) >= 11 is 1.78. The molecule has 1 unspecified atom stereocenters. The standard InChI is InChI=1S/C11H18N2O3S2/c1-9-8-17-4-3-13(9)18(15,16)11-5-10(7-14)12(2)6-11/h5-6,9,14H,3-4,7-8H2,1-2H3. The zero-order chi connectivity index (χ0) is 13.3. The van der Waals surface area contributed by atoms with Crippen LogP contribution in [0.25, 0.3) is 0 Å². The van der Waals surface area contributed by atoms with Crippen molar-refractivity contribution in [3.63, 3.8) is 0 Å². The summed E-state index contributed by atoms with van der Waals surface area (Å²) in [6.45, 7) is 2.33. The predicted octanol–water partition coefficient (Wildman–Crippen LogP) is 0.643. The van der Waals surface area contributed by atoms with Gasteiger partial charge in [-0.2, -0.15) is 16.1 Å². The molecule has 1 atom stereocenters. The Hall–Kier alpha value is -0.500. The normalized spacial score (nSPS) is 22.3. The van der Waals surface area contributed by atoms with Crippen molar-refractivity contribution in [2.45, 2.75) is 24.5 Å². The summed E-state index contributed by atoms with van der Waals surface area (Å²) in [5.41, 5.74) is 0.604.